The minimum absolute atomic E-state index is 0.123. The van der Waals surface area contributed by atoms with Crippen molar-refractivity contribution in [2.24, 2.45) is 5.92 Å². The summed E-state index contributed by atoms with van der Waals surface area (Å²) in [5, 5.41) is 8.88. The average molecular weight is 393 g/mol. The van der Waals surface area contributed by atoms with Gasteiger partial charge in [0.15, 0.2) is 0 Å². The number of rotatable bonds is 6. The Morgan fingerprint density at radius 3 is 2.38 bits per heavy atom. The van der Waals surface area contributed by atoms with Crippen LogP contribution in [0.2, 0.25) is 0 Å². The average Bonchev–Trinajstić information content (AvgIpc) is 2.54. The Bertz CT molecular complexity index is 738. The molecule has 6 heteroatoms. The molecular formula is C18H17BrO5. The fraction of sp³-hybridized carbons (Fsp3) is 0.222. The van der Waals surface area contributed by atoms with Crippen molar-refractivity contribution >= 4 is 27.9 Å². The summed E-state index contributed by atoms with van der Waals surface area (Å²) in [6, 6.07) is 10.8. The molecule has 0 amide bonds. The topological polar surface area (TPSA) is 72.8 Å². The highest BCUT2D eigenvalue weighted by atomic mass is 79.9. The van der Waals surface area contributed by atoms with Gasteiger partial charge in [0.2, 0.25) is 0 Å². The summed E-state index contributed by atoms with van der Waals surface area (Å²) in [5.74, 6) is -0.581. The van der Waals surface area contributed by atoms with E-state index in [1.165, 1.54) is 24.3 Å². The van der Waals surface area contributed by atoms with Gasteiger partial charge in [-0.1, -0.05) is 29.8 Å². The molecule has 0 aliphatic rings. The molecule has 24 heavy (non-hydrogen) atoms. The number of esters is 1. The van der Waals surface area contributed by atoms with Crippen molar-refractivity contribution < 1.29 is 24.2 Å². The van der Waals surface area contributed by atoms with E-state index in [-0.39, 0.29) is 11.3 Å². The predicted molar refractivity (Wildman–Crippen MR) is 92.8 cm³/mol. The van der Waals surface area contributed by atoms with E-state index >= 15 is 0 Å². The molecule has 0 saturated heterocycles. The molecule has 1 N–H and O–H groups in total. The first-order chi connectivity index (χ1) is 11.4. The smallest absolute Gasteiger partial charge is 0.347 e. The lowest BCUT2D eigenvalue weighted by molar-refractivity contribution is 0.0696. The maximum Gasteiger partial charge on any atom is 0.347 e. The normalized spacial score (nSPS) is 10.5. The van der Waals surface area contributed by atoms with Gasteiger partial charge in [-0.3, -0.25) is 0 Å². The predicted octanol–water partition coefficient (Wildman–Crippen LogP) is 4.40. The van der Waals surface area contributed by atoms with Crippen LogP contribution in [0.4, 0.5) is 0 Å². The number of carboxylic acids is 1. The van der Waals surface area contributed by atoms with Crippen LogP contribution in [0, 0.1) is 5.92 Å². The van der Waals surface area contributed by atoms with Crippen LogP contribution in [0.15, 0.2) is 46.9 Å². The summed E-state index contributed by atoms with van der Waals surface area (Å²) in [5.41, 5.74) is 0.422. The van der Waals surface area contributed by atoms with Crippen LogP contribution in [0.1, 0.15) is 34.6 Å². The van der Waals surface area contributed by atoms with Crippen LogP contribution in [-0.2, 0) is 0 Å². The number of ether oxygens (including phenoxy) is 2. The number of hydrogen-bond acceptors (Lipinski definition) is 4. The fourth-order valence-corrected chi connectivity index (χ4v) is 2.23. The molecule has 0 spiro atoms. The maximum atomic E-state index is 12.4. The fourth-order valence-electron chi connectivity index (χ4n) is 1.87. The molecule has 0 heterocycles. The van der Waals surface area contributed by atoms with E-state index in [1.54, 1.807) is 18.2 Å². The molecule has 5 nitrogen and oxygen atoms in total. The summed E-state index contributed by atoms with van der Waals surface area (Å²) in [4.78, 5) is 23.2. The first-order valence-electron chi connectivity index (χ1n) is 7.34. The highest BCUT2D eigenvalue weighted by molar-refractivity contribution is 9.10. The van der Waals surface area contributed by atoms with Crippen LogP contribution in [0.3, 0.4) is 0 Å². The number of aromatic carboxylic acids is 1. The van der Waals surface area contributed by atoms with E-state index in [9.17, 15) is 9.59 Å². The molecule has 0 saturated carbocycles. The van der Waals surface area contributed by atoms with E-state index in [2.05, 4.69) is 15.9 Å². The minimum Gasteiger partial charge on any atom is -0.492 e. The lowest BCUT2D eigenvalue weighted by Crippen LogP contribution is -2.13. The van der Waals surface area contributed by atoms with Gasteiger partial charge in [-0.2, -0.15) is 0 Å². The van der Waals surface area contributed by atoms with Crippen LogP contribution >= 0.6 is 15.9 Å². The third-order valence-corrected chi connectivity index (χ3v) is 3.54. The van der Waals surface area contributed by atoms with Gasteiger partial charge < -0.3 is 14.6 Å². The second-order valence-electron chi connectivity index (χ2n) is 5.56. The molecule has 2 aromatic carbocycles. The van der Waals surface area contributed by atoms with Crippen molar-refractivity contribution in [2.45, 2.75) is 13.8 Å². The Labute approximate surface area is 148 Å². The molecule has 0 aliphatic carbocycles. The SMILES string of the molecule is CC(C)COc1ccc(Br)cc1C(=O)Oc1ccc(C(=O)O)cc1. The number of carbonyl (C=O) groups excluding carboxylic acids is 1. The number of benzene rings is 2. The Kier molecular flexibility index (Phi) is 5.98. The summed E-state index contributed by atoms with van der Waals surface area (Å²) in [6.07, 6.45) is 0. The number of halogens is 1. The summed E-state index contributed by atoms with van der Waals surface area (Å²) >= 11 is 3.33. The van der Waals surface area contributed by atoms with Gasteiger partial charge >= 0.3 is 11.9 Å². The van der Waals surface area contributed by atoms with Crippen molar-refractivity contribution in [3.8, 4) is 11.5 Å². The van der Waals surface area contributed by atoms with E-state index in [0.717, 1.165) is 4.47 Å². The quantitative estimate of drug-likeness (QED) is 0.582. The third kappa shape index (κ3) is 4.83. The highest BCUT2D eigenvalue weighted by Gasteiger charge is 2.16. The van der Waals surface area contributed by atoms with E-state index < -0.39 is 11.9 Å². The van der Waals surface area contributed by atoms with Gasteiger partial charge in [-0.05, 0) is 48.4 Å². The second-order valence-corrected chi connectivity index (χ2v) is 6.48. The van der Waals surface area contributed by atoms with Gasteiger partial charge in [-0.25, -0.2) is 9.59 Å². The molecule has 126 valence electrons. The first kappa shape index (κ1) is 18.0. The molecule has 0 aromatic heterocycles. The van der Waals surface area contributed by atoms with Crippen molar-refractivity contribution in [3.05, 3.63) is 58.1 Å². The Morgan fingerprint density at radius 1 is 1.12 bits per heavy atom. The van der Waals surface area contributed by atoms with Crippen LogP contribution in [-0.4, -0.2) is 23.7 Å². The largest absolute Gasteiger partial charge is 0.492 e. The monoisotopic (exact) mass is 392 g/mol. The standard InChI is InChI=1S/C18H17BrO5/c1-11(2)10-23-16-8-5-13(19)9-15(16)18(22)24-14-6-3-12(4-7-14)17(20)21/h3-9,11H,10H2,1-2H3,(H,20,21). The minimum atomic E-state index is -1.04. The van der Waals surface area contributed by atoms with Crippen LogP contribution in [0.25, 0.3) is 0 Å². The number of carboxylic acid groups (broad SMARTS) is 1. The van der Waals surface area contributed by atoms with Gasteiger partial charge in [0.1, 0.15) is 17.1 Å². The van der Waals surface area contributed by atoms with Crippen molar-refractivity contribution in [1.29, 1.82) is 0 Å². The Hall–Kier alpha value is -2.34. The molecule has 2 rings (SSSR count). The zero-order valence-electron chi connectivity index (χ0n) is 13.3. The Morgan fingerprint density at radius 2 is 1.79 bits per heavy atom. The van der Waals surface area contributed by atoms with E-state index in [4.69, 9.17) is 14.6 Å². The lowest BCUT2D eigenvalue weighted by Gasteiger charge is -2.13. The molecule has 0 atom stereocenters. The van der Waals surface area contributed by atoms with Gasteiger partial charge in [-0.15, -0.1) is 0 Å². The van der Waals surface area contributed by atoms with E-state index in [0.29, 0.717) is 23.8 Å². The molecular weight excluding hydrogens is 376 g/mol. The molecule has 0 fully saturated rings. The molecule has 2 aromatic rings. The summed E-state index contributed by atoms with van der Waals surface area (Å²) in [7, 11) is 0. The highest BCUT2D eigenvalue weighted by Crippen LogP contribution is 2.25. The lowest BCUT2D eigenvalue weighted by atomic mass is 10.2. The molecule has 0 aliphatic heterocycles. The van der Waals surface area contributed by atoms with Crippen molar-refractivity contribution in [3.63, 3.8) is 0 Å². The molecule has 0 unspecified atom stereocenters. The zero-order chi connectivity index (χ0) is 17.7. The summed E-state index contributed by atoms with van der Waals surface area (Å²) in [6.45, 7) is 4.51. The third-order valence-electron chi connectivity index (χ3n) is 3.05. The van der Waals surface area contributed by atoms with Crippen LogP contribution in [0.5, 0.6) is 11.5 Å². The van der Waals surface area contributed by atoms with Crippen molar-refractivity contribution in [1.82, 2.24) is 0 Å². The van der Waals surface area contributed by atoms with Gasteiger partial charge in [0, 0.05) is 4.47 Å². The maximum absolute atomic E-state index is 12.4. The molecule has 0 bridgehead atoms. The Balaban J connectivity index is 2.19. The number of carbonyl (C=O) groups is 2. The second kappa shape index (κ2) is 7.97. The van der Waals surface area contributed by atoms with Gasteiger partial charge in [0.25, 0.3) is 0 Å². The number of hydrogen-bond donors (Lipinski definition) is 1. The summed E-state index contributed by atoms with van der Waals surface area (Å²) < 4.78 is 11.7. The van der Waals surface area contributed by atoms with Crippen LogP contribution < -0.4 is 9.47 Å². The van der Waals surface area contributed by atoms with Gasteiger partial charge in [0.05, 0.1) is 12.2 Å². The van der Waals surface area contributed by atoms with E-state index in [1.807, 2.05) is 13.8 Å². The first-order valence-corrected chi connectivity index (χ1v) is 8.14. The van der Waals surface area contributed by atoms with Crippen molar-refractivity contribution in [2.75, 3.05) is 6.61 Å². The molecule has 0 radical (unpaired) electrons. The zero-order valence-corrected chi connectivity index (χ0v) is 14.9.